The Hall–Kier alpha value is -1.21. The molecule has 0 bridgehead atoms. The van der Waals surface area contributed by atoms with Gasteiger partial charge < -0.3 is 20.0 Å². The summed E-state index contributed by atoms with van der Waals surface area (Å²) in [6.07, 6.45) is 3.05. The normalized spacial score (nSPS) is 25.8. The Morgan fingerprint density at radius 3 is 2.77 bits per heavy atom. The van der Waals surface area contributed by atoms with Crippen LogP contribution in [0.25, 0.3) is 11.2 Å². The third-order valence-electron chi connectivity index (χ3n) is 4.40. The van der Waals surface area contributed by atoms with Crippen LogP contribution in [0.15, 0.2) is 12.7 Å². The molecule has 1 fully saturated rings. The molecule has 1 saturated heterocycles. The monoisotopic (exact) mass is 458 g/mol. The zero-order valence-electron chi connectivity index (χ0n) is 14.1. The minimum Gasteiger partial charge on any atom is -0.519 e. The van der Waals surface area contributed by atoms with Crippen LogP contribution < -0.4 is 10.5 Å². The molecule has 2 aromatic rings. The molecular weight excluding hydrogens is 441 g/mol. The smallest absolute Gasteiger partial charge is 0.331 e. The fourth-order valence-electron chi connectivity index (χ4n) is 2.83. The number of carbonyl (C=O) groups excluding carboxylic acids is 1. The first kappa shape index (κ1) is 21.1. The maximum Gasteiger partial charge on any atom is 0.331 e. The van der Waals surface area contributed by atoms with E-state index in [-0.39, 0.29) is 57.0 Å². The Labute approximate surface area is 175 Å². The van der Waals surface area contributed by atoms with Gasteiger partial charge in [0.25, 0.3) is 0 Å². The average Bonchev–Trinajstić information content (AvgIpc) is 3.10. The van der Waals surface area contributed by atoms with E-state index in [4.69, 9.17) is 14.7 Å². The van der Waals surface area contributed by atoms with Crippen molar-refractivity contribution in [2.24, 2.45) is 11.8 Å². The first-order valence-electron chi connectivity index (χ1n) is 7.46. The second-order valence-corrected chi connectivity index (χ2v) is 7.16. The first-order chi connectivity index (χ1) is 11.8. The maximum atomic E-state index is 11.4. The molecule has 4 atom stereocenters. The van der Waals surface area contributed by atoms with Gasteiger partial charge in [0.15, 0.2) is 11.5 Å². The second-order valence-electron chi connectivity index (χ2n) is 5.81. The number of hydrogen-bond donors (Lipinski definition) is 2. The third kappa shape index (κ3) is 4.04. The Kier molecular flexibility index (Phi) is 6.67. The van der Waals surface area contributed by atoms with Gasteiger partial charge in [-0.2, -0.15) is 8.42 Å². The fourth-order valence-corrected chi connectivity index (χ4v) is 3.30. The van der Waals surface area contributed by atoms with Crippen molar-refractivity contribution in [3.63, 3.8) is 0 Å². The zero-order valence-corrected chi connectivity index (χ0v) is 17.7. The molecule has 139 valence electrons. The van der Waals surface area contributed by atoms with Crippen molar-refractivity contribution in [3.05, 3.63) is 12.7 Å². The number of hydrogen-bond acceptors (Lipinski definition) is 9. The summed E-state index contributed by atoms with van der Waals surface area (Å²) in [4.78, 5) is 22.4. The second kappa shape index (κ2) is 8.21. The van der Waals surface area contributed by atoms with Crippen molar-refractivity contribution < 1.29 is 54.8 Å². The van der Waals surface area contributed by atoms with E-state index in [0.29, 0.717) is 11.2 Å². The zero-order chi connectivity index (χ0) is 18.2. The number of aromatic nitrogens is 4. The summed E-state index contributed by atoms with van der Waals surface area (Å²) in [5, 5.41) is 0. The number of nitrogens with zero attached hydrogens (tertiary/aromatic N) is 4. The summed E-state index contributed by atoms with van der Waals surface area (Å²) in [7, 11) is -4.18. The minimum absolute atomic E-state index is 0. The standard InChI is InChI=1S/C13H17N6O5S.Y/c1-7-8(2)13(24-9(7)3-23-25(21,22)18-6-20)19-5-17-10-11(14)15-4-16-12(10)19;/h4-5,7-9,13H,3H2,1-2H3,(H,18,20)(H2,14,15,16);/q-1;/t7-,8+,9+,13+;/m0./s1. The van der Waals surface area contributed by atoms with Gasteiger partial charge >= 0.3 is 10.3 Å². The summed E-state index contributed by atoms with van der Waals surface area (Å²) in [5.41, 5.74) is 6.79. The van der Waals surface area contributed by atoms with Crippen molar-refractivity contribution in [2.45, 2.75) is 26.2 Å². The van der Waals surface area contributed by atoms with E-state index in [1.807, 2.05) is 13.8 Å². The Morgan fingerprint density at radius 2 is 2.08 bits per heavy atom. The number of nitrogens with two attached hydrogens (primary N) is 1. The molecule has 0 aliphatic carbocycles. The van der Waals surface area contributed by atoms with Crippen LogP contribution in [0.4, 0.5) is 5.82 Å². The van der Waals surface area contributed by atoms with Crippen LogP contribution in [-0.2, 0) is 56.7 Å². The molecule has 3 N–H and O–H groups in total. The summed E-state index contributed by atoms with van der Waals surface area (Å²) in [5.74, 6) is 0.275. The quantitative estimate of drug-likeness (QED) is 0.431. The number of rotatable bonds is 6. The van der Waals surface area contributed by atoms with E-state index in [0.717, 1.165) is 6.41 Å². The van der Waals surface area contributed by atoms with Crippen molar-refractivity contribution >= 4 is 33.7 Å². The predicted octanol–water partition coefficient (Wildman–Crippen LogP) is -0.506. The number of amides is 1. The Balaban J connectivity index is 0.00000243. The molecule has 0 aromatic carbocycles. The van der Waals surface area contributed by atoms with E-state index in [1.54, 1.807) is 10.9 Å². The summed E-state index contributed by atoms with van der Waals surface area (Å²) >= 11 is 0. The summed E-state index contributed by atoms with van der Waals surface area (Å²) in [6.45, 7) is 3.66. The predicted molar refractivity (Wildman–Crippen MR) is 85.7 cm³/mol. The first-order valence-corrected chi connectivity index (χ1v) is 8.86. The minimum atomic E-state index is -4.18. The molecule has 11 nitrogen and oxygen atoms in total. The van der Waals surface area contributed by atoms with E-state index < -0.39 is 22.6 Å². The summed E-state index contributed by atoms with van der Waals surface area (Å²) in [6, 6.07) is 0. The maximum absolute atomic E-state index is 11.4. The molecule has 3 rings (SSSR count). The molecule has 26 heavy (non-hydrogen) atoms. The van der Waals surface area contributed by atoms with Crippen LogP contribution in [0, 0.1) is 11.8 Å². The van der Waals surface area contributed by atoms with Gasteiger partial charge in [-0.25, -0.2) is 15.0 Å². The van der Waals surface area contributed by atoms with Gasteiger partial charge in [-0.15, -0.1) is 6.41 Å². The number of imidazole rings is 1. The number of ether oxygens (including phenoxy) is 1. The van der Waals surface area contributed by atoms with Gasteiger partial charge in [-0.05, 0) is 5.92 Å². The number of fused-ring (bicyclic) bond motifs is 1. The molecule has 3 heterocycles. The Morgan fingerprint density at radius 1 is 1.35 bits per heavy atom. The van der Waals surface area contributed by atoms with E-state index in [1.165, 1.54) is 11.0 Å². The molecule has 13 heteroatoms. The molecule has 1 aliphatic rings. The molecule has 0 spiro atoms. The van der Waals surface area contributed by atoms with Crippen LogP contribution in [-0.4, -0.2) is 47.1 Å². The molecule has 1 amide bonds. The van der Waals surface area contributed by atoms with Crippen molar-refractivity contribution in [2.75, 3.05) is 12.3 Å². The van der Waals surface area contributed by atoms with Gasteiger partial charge in [0.2, 0.25) is 0 Å². The van der Waals surface area contributed by atoms with Gasteiger partial charge in [0, 0.05) is 38.6 Å². The molecule has 2 aromatic heterocycles. The average molecular weight is 458 g/mol. The van der Waals surface area contributed by atoms with Crippen molar-refractivity contribution in [1.82, 2.24) is 24.2 Å². The largest absolute Gasteiger partial charge is 0.519 e. The van der Waals surface area contributed by atoms with Gasteiger partial charge in [0.1, 0.15) is 18.1 Å². The van der Waals surface area contributed by atoms with E-state index in [2.05, 4.69) is 15.0 Å². The Bertz CT molecular complexity index is 890. The fraction of sp³-hybridized carbons (Fsp3) is 0.538. The molecule has 1 radical (unpaired) electrons. The topological polar surface area (TPSA) is 151 Å². The summed E-state index contributed by atoms with van der Waals surface area (Å²) < 4.78 is 36.7. The molecule has 0 unspecified atom stereocenters. The van der Waals surface area contributed by atoms with E-state index >= 15 is 0 Å². The van der Waals surface area contributed by atoms with Crippen LogP contribution in [0.3, 0.4) is 0 Å². The van der Waals surface area contributed by atoms with Gasteiger partial charge in [-0.3, -0.25) is 8.75 Å². The number of nitrogen functional groups attached to an aromatic ring is 1. The van der Waals surface area contributed by atoms with Crippen LogP contribution in [0.2, 0.25) is 0 Å². The van der Waals surface area contributed by atoms with Crippen molar-refractivity contribution in [1.29, 1.82) is 0 Å². The number of nitrogens with one attached hydrogen (secondary N) is 1. The van der Waals surface area contributed by atoms with E-state index in [9.17, 15) is 13.2 Å². The molecular formula is C13H17N6O5SY-. The third-order valence-corrected chi connectivity index (χ3v) is 5.17. The van der Waals surface area contributed by atoms with Crippen LogP contribution in [0.1, 0.15) is 20.1 Å². The van der Waals surface area contributed by atoms with Crippen molar-refractivity contribution in [3.8, 4) is 0 Å². The van der Waals surface area contributed by atoms with Crippen LogP contribution >= 0.6 is 0 Å². The molecule has 1 aliphatic heterocycles. The van der Waals surface area contributed by atoms with Crippen LogP contribution in [0.5, 0.6) is 0 Å². The van der Waals surface area contributed by atoms with Gasteiger partial charge in [-0.1, -0.05) is 13.8 Å². The molecule has 0 saturated carbocycles. The SMILES string of the molecule is C[C@@H]1[C@H](C)[C@@H](COS(=O)(=O)N[C-]=O)O[C@H]1n1cnc2c(N)ncnc21.[Y]. The number of anilines is 1. The van der Waals surface area contributed by atoms with Gasteiger partial charge in [0.05, 0.1) is 19.0 Å².